The first-order chi connectivity index (χ1) is 14.6. The molecule has 2 amide bonds. The summed E-state index contributed by atoms with van der Waals surface area (Å²) in [7, 11) is 0. The molecule has 4 aromatic rings. The maximum Gasteiger partial charge on any atom is 0.336 e. The van der Waals surface area contributed by atoms with E-state index >= 15 is 0 Å². The Labute approximate surface area is 171 Å². The van der Waals surface area contributed by atoms with E-state index in [1.54, 1.807) is 18.2 Å². The van der Waals surface area contributed by atoms with Crippen LogP contribution in [0.4, 0.5) is 5.69 Å². The lowest BCUT2D eigenvalue weighted by atomic mass is 9.90. The molecule has 0 aromatic heterocycles. The van der Waals surface area contributed by atoms with Gasteiger partial charge in [0.25, 0.3) is 11.8 Å². The summed E-state index contributed by atoms with van der Waals surface area (Å²) in [6, 6.07) is 17.7. The van der Waals surface area contributed by atoms with Crippen LogP contribution in [0.1, 0.15) is 42.2 Å². The molecular weight excluding hydrogens is 378 g/mol. The van der Waals surface area contributed by atoms with Crippen molar-refractivity contribution < 1.29 is 19.5 Å². The van der Waals surface area contributed by atoms with Crippen LogP contribution in [0, 0.1) is 0 Å². The van der Waals surface area contributed by atoms with Crippen LogP contribution in [0.2, 0.25) is 0 Å². The van der Waals surface area contributed by atoms with E-state index < -0.39 is 17.8 Å². The van der Waals surface area contributed by atoms with E-state index in [0.29, 0.717) is 27.6 Å². The molecule has 4 aromatic carbocycles. The molecule has 144 valence electrons. The number of benzene rings is 4. The van der Waals surface area contributed by atoms with Crippen molar-refractivity contribution in [3.8, 4) is 0 Å². The molecule has 1 aliphatic carbocycles. The third kappa shape index (κ3) is 2.04. The Morgan fingerprint density at radius 3 is 2.17 bits per heavy atom. The standard InChI is InChI=1S/C25H15NO4/c27-23-18-6-2-4-15-16(25(29)30)10-11-19(22(15)18)24(28)26(23)20-12-9-14-8-7-13-3-1-5-17(20)21(13)14/h1-6,9-12H,7-8H2,(H,29,30). The van der Waals surface area contributed by atoms with Crippen LogP contribution in [0.15, 0.2) is 60.7 Å². The summed E-state index contributed by atoms with van der Waals surface area (Å²) in [6.07, 6.45) is 1.91. The number of carboxylic acid groups (broad SMARTS) is 1. The molecule has 0 saturated carbocycles. The van der Waals surface area contributed by atoms with Gasteiger partial charge in [0.1, 0.15) is 0 Å². The molecular formula is C25H15NO4. The Kier molecular flexibility index (Phi) is 3.25. The van der Waals surface area contributed by atoms with Gasteiger partial charge in [-0.1, -0.05) is 36.4 Å². The lowest BCUT2D eigenvalue weighted by Crippen LogP contribution is -2.40. The molecule has 0 fully saturated rings. The zero-order valence-electron chi connectivity index (χ0n) is 15.8. The molecule has 0 bridgehead atoms. The van der Waals surface area contributed by atoms with Crippen molar-refractivity contribution in [1.29, 1.82) is 0 Å². The van der Waals surface area contributed by atoms with Gasteiger partial charge in [-0.15, -0.1) is 0 Å². The van der Waals surface area contributed by atoms with Crippen molar-refractivity contribution >= 4 is 45.0 Å². The molecule has 0 unspecified atom stereocenters. The van der Waals surface area contributed by atoms with Gasteiger partial charge in [0.05, 0.1) is 11.3 Å². The number of amides is 2. The molecule has 0 radical (unpaired) electrons. The van der Waals surface area contributed by atoms with Gasteiger partial charge in [-0.05, 0) is 59.0 Å². The van der Waals surface area contributed by atoms with E-state index in [1.807, 2.05) is 24.3 Å². The van der Waals surface area contributed by atoms with Crippen molar-refractivity contribution in [1.82, 2.24) is 0 Å². The normalized spacial score (nSPS) is 14.7. The third-order valence-electron chi connectivity index (χ3n) is 6.23. The van der Waals surface area contributed by atoms with Crippen molar-refractivity contribution in [2.45, 2.75) is 12.8 Å². The Morgan fingerprint density at radius 2 is 1.40 bits per heavy atom. The Balaban J connectivity index is 1.63. The van der Waals surface area contributed by atoms with Crippen molar-refractivity contribution in [2.24, 2.45) is 0 Å². The lowest BCUT2D eigenvalue weighted by molar-refractivity contribution is 0.0697. The van der Waals surface area contributed by atoms with Crippen LogP contribution in [-0.4, -0.2) is 22.9 Å². The molecule has 1 N–H and O–H groups in total. The van der Waals surface area contributed by atoms with Gasteiger partial charge in [0.15, 0.2) is 0 Å². The fourth-order valence-electron chi connectivity index (χ4n) is 4.93. The maximum atomic E-state index is 13.5. The monoisotopic (exact) mass is 393 g/mol. The Morgan fingerprint density at radius 1 is 0.733 bits per heavy atom. The SMILES string of the molecule is O=C(O)c1ccc2c3c(cccc13)C(=O)N(c1ccc3c4c(cccc14)CC3)C2=O. The largest absolute Gasteiger partial charge is 0.478 e. The number of imide groups is 1. The molecule has 0 spiro atoms. The molecule has 5 heteroatoms. The molecule has 30 heavy (non-hydrogen) atoms. The van der Waals surface area contributed by atoms with Gasteiger partial charge in [-0.2, -0.15) is 0 Å². The summed E-state index contributed by atoms with van der Waals surface area (Å²) >= 11 is 0. The molecule has 2 aliphatic rings. The van der Waals surface area contributed by atoms with Crippen LogP contribution in [0.25, 0.3) is 21.5 Å². The number of hydrogen-bond acceptors (Lipinski definition) is 3. The van der Waals surface area contributed by atoms with E-state index in [2.05, 4.69) is 6.07 Å². The number of anilines is 1. The Hall–Kier alpha value is -3.99. The number of rotatable bonds is 2. The minimum Gasteiger partial charge on any atom is -0.478 e. The fourth-order valence-corrected chi connectivity index (χ4v) is 4.93. The zero-order valence-corrected chi connectivity index (χ0v) is 15.8. The first kappa shape index (κ1) is 16.9. The van der Waals surface area contributed by atoms with E-state index in [1.165, 1.54) is 28.2 Å². The predicted molar refractivity (Wildman–Crippen MR) is 113 cm³/mol. The summed E-state index contributed by atoms with van der Waals surface area (Å²) in [5.41, 5.74) is 3.79. The number of carbonyl (C=O) groups is 3. The smallest absolute Gasteiger partial charge is 0.336 e. The van der Waals surface area contributed by atoms with Crippen LogP contribution in [0.3, 0.4) is 0 Å². The number of hydrogen-bond donors (Lipinski definition) is 1. The number of carbonyl (C=O) groups excluding carboxylic acids is 2. The second kappa shape index (κ2) is 5.76. The average Bonchev–Trinajstić information content (AvgIpc) is 3.18. The first-order valence-corrected chi connectivity index (χ1v) is 9.77. The van der Waals surface area contributed by atoms with E-state index in [-0.39, 0.29) is 5.56 Å². The quantitative estimate of drug-likeness (QED) is 0.506. The summed E-state index contributed by atoms with van der Waals surface area (Å²) in [4.78, 5) is 39.8. The molecule has 1 aliphatic heterocycles. The second-order valence-corrected chi connectivity index (χ2v) is 7.72. The molecule has 6 rings (SSSR count). The molecule has 5 nitrogen and oxygen atoms in total. The van der Waals surface area contributed by atoms with Gasteiger partial charge in [0, 0.05) is 21.9 Å². The summed E-state index contributed by atoms with van der Waals surface area (Å²) < 4.78 is 0. The summed E-state index contributed by atoms with van der Waals surface area (Å²) in [5.74, 6) is -1.95. The highest BCUT2D eigenvalue weighted by molar-refractivity contribution is 6.37. The number of nitrogens with zero attached hydrogens (tertiary/aromatic N) is 1. The van der Waals surface area contributed by atoms with Gasteiger partial charge in [-0.3, -0.25) is 9.59 Å². The maximum absolute atomic E-state index is 13.5. The number of aryl methyl sites for hydroxylation is 2. The molecule has 0 atom stereocenters. The minimum atomic E-state index is -1.09. The van der Waals surface area contributed by atoms with Gasteiger partial charge >= 0.3 is 5.97 Å². The second-order valence-electron chi connectivity index (χ2n) is 7.72. The molecule has 0 saturated heterocycles. The third-order valence-corrected chi connectivity index (χ3v) is 6.23. The van der Waals surface area contributed by atoms with Crippen molar-refractivity contribution in [2.75, 3.05) is 4.90 Å². The highest BCUT2D eigenvalue weighted by Crippen LogP contribution is 2.40. The fraction of sp³-hybridized carbons (Fsp3) is 0.0800. The minimum absolute atomic E-state index is 0.0787. The first-order valence-electron chi connectivity index (χ1n) is 9.77. The van der Waals surface area contributed by atoms with E-state index in [0.717, 1.165) is 23.6 Å². The predicted octanol–water partition coefficient (Wildman–Crippen LogP) is 4.59. The van der Waals surface area contributed by atoms with Crippen LogP contribution in [-0.2, 0) is 12.8 Å². The van der Waals surface area contributed by atoms with Crippen molar-refractivity contribution in [3.05, 3.63) is 88.5 Å². The summed E-state index contributed by atoms with van der Waals surface area (Å²) in [5, 5.41) is 12.3. The van der Waals surface area contributed by atoms with Crippen LogP contribution in [0.5, 0.6) is 0 Å². The van der Waals surface area contributed by atoms with Crippen LogP contribution >= 0.6 is 0 Å². The van der Waals surface area contributed by atoms with E-state index in [4.69, 9.17) is 0 Å². The topological polar surface area (TPSA) is 74.7 Å². The zero-order chi connectivity index (χ0) is 20.6. The molecule has 1 heterocycles. The van der Waals surface area contributed by atoms with Crippen LogP contribution < -0.4 is 4.90 Å². The van der Waals surface area contributed by atoms with E-state index in [9.17, 15) is 19.5 Å². The van der Waals surface area contributed by atoms with Gasteiger partial charge in [0.2, 0.25) is 0 Å². The average molecular weight is 393 g/mol. The highest BCUT2D eigenvalue weighted by atomic mass is 16.4. The summed E-state index contributed by atoms with van der Waals surface area (Å²) in [6.45, 7) is 0. The van der Waals surface area contributed by atoms with Crippen molar-refractivity contribution in [3.63, 3.8) is 0 Å². The number of carboxylic acids is 1. The highest BCUT2D eigenvalue weighted by Gasteiger charge is 2.36. The lowest BCUT2D eigenvalue weighted by Gasteiger charge is -2.28. The van der Waals surface area contributed by atoms with Gasteiger partial charge in [-0.25, -0.2) is 9.69 Å². The Bertz CT molecular complexity index is 1440. The number of aromatic carboxylic acids is 1. The van der Waals surface area contributed by atoms with Gasteiger partial charge < -0.3 is 5.11 Å².